The predicted molar refractivity (Wildman–Crippen MR) is 144 cm³/mol. The minimum Gasteiger partial charge on any atom is -0.402 e. The van der Waals surface area contributed by atoms with Gasteiger partial charge in [-0.15, -0.1) is 10.2 Å². The van der Waals surface area contributed by atoms with Gasteiger partial charge in [-0.2, -0.15) is 0 Å². The number of amides is 2. The summed E-state index contributed by atoms with van der Waals surface area (Å²) in [5.74, 6) is 0.658. The highest BCUT2D eigenvalue weighted by Gasteiger charge is 2.29. The lowest BCUT2D eigenvalue weighted by Crippen LogP contribution is -2.28. The van der Waals surface area contributed by atoms with Crippen LogP contribution in [-0.4, -0.2) is 27.0 Å². The summed E-state index contributed by atoms with van der Waals surface area (Å²) in [6.07, 6.45) is 9.25. The molecule has 192 valence electrons. The summed E-state index contributed by atoms with van der Waals surface area (Å²) in [4.78, 5) is 28.6. The lowest BCUT2D eigenvalue weighted by atomic mass is 10.00. The van der Waals surface area contributed by atoms with Crippen molar-refractivity contribution in [3.05, 3.63) is 94.7 Å². The predicted octanol–water partition coefficient (Wildman–Crippen LogP) is 3.39. The first kappa shape index (κ1) is 26.0. The topological polar surface area (TPSA) is 149 Å². The van der Waals surface area contributed by atoms with Crippen molar-refractivity contribution < 1.29 is 9.59 Å². The van der Waals surface area contributed by atoms with E-state index in [2.05, 4.69) is 25.8 Å². The van der Waals surface area contributed by atoms with Gasteiger partial charge in [-0.05, 0) is 61.4 Å². The van der Waals surface area contributed by atoms with Crippen LogP contribution < -0.4 is 22.1 Å². The molecule has 0 saturated heterocycles. The fourth-order valence-electron chi connectivity index (χ4n) is 4.39. The smallest absolute Gasteiger partial charge is 0.232 e. The van der Waals surface area contributed by atoms with E-state index in [0.717, 1.165) is 36.3 Å². The third-order valence-electron chi connectivity index (χ3n) is 6.14. The van der Waals surface area contributed by atoms with Crippen LogP contribution >= 0.6 is 11.3 Å². The van der Waals surface area contributed by atoms with Crippen LogP contribution in [0.5, 0.6) is 0 Å². The van der Waals surface area contributed by atoms with Gasteiger partial charge in [-0.1, -0.05) is 47.7 Å². The molecule has 2 amide bonds. The Balaban J connectivity index is 1.22. The molecule has 10 heteroatoms. The number of nitrogens with one attached hydrogen (secondary N) is 2. The zero-order valence-corrected chi connectivity index (χ0v) is 21.3. The Morgan fingerprint density at radius 1 is 0.973 bits per heavy atom. The molecule has 2 heterocycles. The second-order valence-electron chi connectivity index (χ2n) is 9.15. The number of carbonyl (C=O) groups is 2. The van der Waals surface area contributed by atoms with Gasteiger partial charge in [-0.25, -0.2) is 0 Å². The van der Waals surface area contributed by atoms with Gasteiger partial charge in [0.1, 0.15) is 10.8 Å². The van der Waals surface area contributed by atoms with Gasteiger partial charge in [-0.3, -0.25) is 14.6 Å². The van der Waals surface area contributed by atoms with Crippen molar-refractivity contribution in [3.63, 3.8) is 0 Å². The Morgan fingerprint density at radius 2 is 1.78 bits per heavy atom. The van der Waals surface area contributed by atoms with Crippen LogP contribution in [0, 0.1) is 5.92 Å². The molecule has 1 saturated carbocycles. The number of allylic oxidation sites excluding steroid dienone is 3. The Bertz CT molecular complexity index is 1260. The molecule has 2 aromatic heterocycles. The monoisotopic (exact) mass is 517 g/mol. The summed E-state index contributed by atoms with van der Waals surface area (Å²) in [6, 6.07) is 15.0. The maximum absolute atomic E-state index is 12.3. The first-order valence-electron chi connectivity index (χ1n) is 12.2. The van der Waals surface area contributed by atoms with E-state index >= 15 is 0 Å². The number of hydrogen-bond donors (Lipinski definition) is 4. The minimum atomic E-state index is -0.171. The summed E-state index contributed by atoms with van der Waals surface area (Å²) in [5.41, 5.74) is 14.5. The van der Waals surface area contributed by atoms with Crippen molar-refractivity contribution in [2.24, 2.45) is 17.4 Å². The maximum Gasteiger partial charge on any atom is 0.232 e. The number of anilines is 1. The number of nitrogens with zero attached hydrogens (tertiary/aromatic N) is 3. The quantitative estimate of drug-likeness (QED) is 0.301. The molecule has 0 aliphatic heterocycles. The number of carbonyl (C=O) groups excluding carboxylic acids is 2. The summed E-state index contributed by atoms with van der Waals surface area (Å²) < 4.78 is 0. The Hall–Kier alpha value is -4.05. The third kappa shape index (κ3) is 8.25. The van der Waals surface area contributed by atoms with Gasteiger partial charge in [0.05, 0.1) is 12.8 Å². The van der Waals surface area contributed by atoms with Gasteiger partial charge in [0, 0.05) is 23.5 Å². The van der Waals surface area contributed by atoms with E-state index in [1.54, 1.807) is 18.3 Å². The van der Waals surface area contributed by atoms with Crippen LogP contribution in [0.1, 0.15) is 47.9 Å². The summed E-state index contributed by atoms with van der Waals surface area (Å²) in [6.45, 7) is 0. The Labute approximate surface area is 220 Å². The second-order valence-corrected chi connectivity index (χ2v) is 10.2. The molecule has 3 aromatic rings. The van der Waals surface area contributed by atoms with E-state index < -0.39 is 0 Å². The van der Waals surface area contributed by atoms with E-state index in [0.29, 0.717) is 28.4 Å². The average molecular weight is 518 g/mol. The molecule has 4 rings (SSSR count). The number of rotatable bonds is 10. The van der Waals surface area contributed by atoms with E-state index in [1.165, 1.54) is 11.3 Å². The molecule has 0 radical (unpaired) electrons. The molecule has 0 spiro atoms. The lowest BCUT2D eigenvalue weighted by Gasteiger charge is -2.10. The van der Waals surface area contributed by atoms with Crippen molar-refractivity contribution in [1.82, 2.24) is 20.5 Å². The minimum absolute atomic E-state index is 0.160. The van der Waals surface area contributed by atoms with Crippen LogP contribution in [0.2, 0.25) is 0 Å². The zero-order valence-electron chi connectivity index (χ0n) is 20.5. The molecule has 2 unspecified atom stereocenters. The van der Waals surface area contributed by atoms with E-state index in [9.17, 15) is 9.59 Å². The lowest BCUT2D eigenvalue weighted by molar-refractivity contribution is -0.119. The number of pyridine rings is 1. The molecule has 1 aromatic carbocycles. The van der Waals surface area contributed by atoms with Gasteiger partial charge >= 0.3 is 0 Å². The Morgan fingerprint density at radius 3 is 2.57 bits per heavy atom. The number of aromatic nitrogens is 3. The highest BCUT2D eigenvalue weighted by molar-refractivity contribution is 7.15. The zero-order chi connectivity index (χ0) is 26.0. The molecular weight excluding hydrogens is 486 g/mol. The van der Waals surface area contributed by atoms with E-state index in [-0.39, 0.29) is 30.5 Å². The van der Waals surface area contributed by atoms with Crippen LogP contribution in [0.15, 0.2) is 78.4 Å². The first-order valence-corrected chi connectivity index (χ1v) is 13.0. The molecule has 0 bridgehead atoms. The van der Waals surface area contributed by atoms with Crippen LogP contribution in [0.4, 0.5) is 5.13 Å². The van der Waals surface area contributed by atoms with Gasteiger partial charge < -0.3 is 22.1 Å². The van der Waals surface area contributed by atoms with Crippen LogP contribution in [0.3, 0.4) is 0 Å². The highest BCUT2D eigenvalue weighted by Crippen LogP contribution is 2.42. The molecule has 9 nitrogen and oxygen atoms in total. The SMILES string of the molecule is N/C(=C\C=C(/N)NC(=O)Cc1ccccc1)CC1CCC(c2nnc(NC(=O)Cc3ccccn3)s2)C1. The normalized spacial score (nSPS) is 17.9. The fourth-order valence-corrected chi connectivity index (χ4v) is 5.30. The van der Waals surface area contributed by atoms with Gasteiger partial charge in [0.15, 0.2) is 0 Å². The van der Waals surface area contributed by atoms with Crippen molar-refractivity contribution in [3.8, 4) is 0 Å². The second kappa shape index (κ2) is 12.8. The molecule has 1 aliphatic rings. The molecule has 1 fully saturated rings. The largest absolute Gasteiger partial charge is 0.402 e. The van der Waals surface area contributed by atoms with E-state index in [1.807, 2.05) is 48.5 Å². The van der Waals surface area contributed by atoms with Crippen molar-refractivity contribution in [2.45, 2.75) is 44.4 Å². The molecule has 1 aliphatic carbocycles. The number of hydrogen-bond acceptors (Lipinski definition) is 8. The van der Waals surface area contributed by atoms with Crippen molar-refractivity contribution in [1.29, 1.82) is 0 Å². The maximum atomic E-state index is 12.3. The molecule has 6 N–H and O–H groups in total. The van der Waals surface area contributed by atoms with Crippen molar-refractivity contribution >= 4 is 28.3 Å². The number of benzene rings is 1. The van der Waals surface area contributed by atoms with Crippen molar-refractivity contribution in [2.75, 3.05) is 5.32 Å². The molecular formula is C27H31N7O2S. The van der Waals surface area contributed by atoms with E-state index in [4.69, 9.17) is 11.5 Å². The standard InChI is InChI=1S/C27H31N7O2S/c28-21(11-12-23(29)31-24(35)16-18-6-2-1-3-7-18)15-19-9-10-20(14-19)26-33-34-27(37-26)32-25(36)17-22-8-4-5-13-30-22/h1-8,11-13,19-20H,9-10,14-17,28-29H2,(H,31,35)(H,32,34,36)/b21-11-,23-12+. The summed E-state index contributed by atoms with van der Waals surface area (Å²) in [5, 5.41) is 15.4. The fraction of sp³-hybridized carbons (Fsp3) is 0.296. The Kier molecular flexibility index (Phi) is 8.98. The third-order valence-corrected chi connectivity index (χ3v) is 7.14. The summed E-state index contributed by atoms with van der Waals surface area (Å²) in [7, 11) is 0. The number of nitrogens with two attached hydrogens (primary N) is 2. The summed E-state index contributed by atoms with van der Waals surface area (Å²) >= 11 is 1.42. The van der Waals surface area contributed by atoms with Crippen LogP contribution in [0.25, 0.3) is 0 Å². The first-order chi connectivity index (χ1) is 17.9. The van der Waals surface area contributed by atoms with Gasteiger partial charge in [0.2, 0.25) is 16.9 Å². The highest BCUT2D eigenvalue weighted by atomic mass is 32.1. The van der Waals surface area contributed by atoms with Gasteiger partial charge in [0.25, 0.3) is 0 Å². The average Bonchev–Trinajstić information content (AvgIpc) is 3.53. The molecule has 37 heavy (non-hydrogen) atoms. The van der Waals surface area contributed by atoms with Crippen LogP contribution in [-0.2, 0) is 22.4 Å². The molecule has 2 atom stereocenters.